The van der Waals surface area contributed by atoms with Gasteiger partial charge in [-0.3, -0.25) is 5.10 Å². The molecule has 1 aromatic carbocycles. The summed E-state index contributed by atoms with van der Waals surface area (Å²) >= 11 is 0. The first-order valence-corrected chi connectivity index (χ1v) is 10.2. The Labute approximate surface area is 169 Å². The predicted octanol–water partition coefficient (Wildman–Crippen LogP) is 3.06. The van der Waals surface area contributed by atoms with Crippen molar-refractivity contribution in [2.75, 3.05) is 12.4 Å². The van der Waals surface area contributed by atoms with Crippen molar-refractivity contribution in [2.45, 2.75) is 50.2 Å². The molecule has 0 spiro atoms. The van der Waals surface area contributed by atoms with E-state index in [0.29, 0.717) is 35.3 Å². The number of H-pyrrole nitrogens is 1. The van der Waals surface area contributed by atoms with Crippen LogP contribution in [-0.2, 0) is 0 Å². The number of phenolic OH excluding ortho intramolecular Hbond substituents is 1. The van der Waals surface area contributed by atoms with Crippen molar-refractivity contribution in [3.05, 3.63) is 36.8 Å². The highest BCUT2D eigenvalue weighted by molar-refractivity contribution is 5.73. The number of rotatable bonds is 4. The molecule has 2 saturated heterocycles. The first-order chi connectivity index (χ1) is 14.2. The zero-order chi connectivity index (χ0) is 19.8. The predicted molar refractivity (Wildman–Crippen MR) is 110 cm³/mol. The summed E-state index contributed by atoms with van der Waals surface area (Å²) in [6, 6.07) is 7.14. The number of piperidine rings is 2. The number of nitrogens with zero attached hydrogens (tertiary/aromatic N) is 5. The van der Waals surface area contributed by atoms with Gasteiger partial charge in [0.15, 0.2) is 0 Å². The van der Waals surface area contributed by atoms with Crippen LogP contribution in [0.1, 0.15) is 32.1 Å². The van der Waals surface area contributed by atoms with Gasteiger partial charge in [0.1, 0.15) is 11.4 Å². The normalized spacial score (nSPS) is 24.4. The Morgan fingerprint density at radius 2 is 1.93 bits per heavy atom. The van der Waals surface area contributed by atoms with E-state index < -0.39 is 0 Å². The second-order valence-electron chi connectivity index (χ2n) is 8.10. The fourth-order valence-corrected chi connectivity index (χ4v) is 4.72. The van der Waals surface area contributed by atoms with E-state index in [0.717, 1.165) is 24.0 Å². The molecule has 0 amide bonds. The van der Waals surface area contributed by atoms with E-state index in [9.17, 15) is 5.11 Å². The SMILES string of the molecule is CN1C2CCCC1CC(Nc1ncc(-c3ccc(-c4cn[nH]c4)cc3O)nn1)C2. The number of benzene rings is 1. The summed E-state index contributed by atoms with van der Waals surface area (Å²) in [7, 11) is 2.25. The molecule has 3 aromatic rings. The summed E-state index contributed by atoms with van der Waals surface area (Å²) in [6.07, 6.45) is 11.3. The van der Waals surface area contributed by atoms with Crippen LogP contribution in [0.5, 0.6) is 5.75 Å². The molecule has 150 valence electrons. The van der Waals surface area contributed by atoms with Gasteiger partial charge in [-0.2, -0.15) is 5.10 Å². The number of nitrogens with one attached hydrogen (secondary N) is 2. The van der Waals surface area contributed by atoms with Gasteiger partial charge in [-0.1, -0.05) is 12.5 Å². The molecule has 5 rings (SSSR count). The molecule has 2 aliphatic rings. The van der Waals surface area contributed by atoms with Crippen LogP contribution in [0.4, 0.5) is 5.95 Å². The van der Waals surface area contributed by atoms with Gasteiger partial charge in [0.25, 0.3) is 0 Å². The molecule has 2 aliphatic heterocycles. The van der Waals surface area contributed by atoms with Gasteiger partial charge in [0.05, 0.1) is 12.4 Å². The van der Waals surface area contributed by atoms with Crippen molar-refractivity contribution in [2.24, 2.45) is 0 Å². The summed E-state index contributed by atoms with van der Waals surface area (Å²) in [4.78, 5) is 6.99. The maximum Gasteiger partial charge on any atom is 0.242 e. The van der Waals surface area contributed by atoms with Crippen molar-refractivity contribution in [3.8, 4) is 28.1 Å². The lowest BCUT2D eigenvalue weighted by molar-refractivity contribution is 0.0607. The summed E-state index contributed by atoms with van der Waals surface area (Å²) in [6.45, 7) is 0. The molecule has 2 aromatic heterocycles. The van der Waals surface area contributed by atoms with Crippen molar-refractivity contribution in [1.29, 1.82) is 0 Å². The Kier molecular flexibility index (Phi) is 4.63. The first kappa shape index (κ1) is 18.1. The summed E-state index contributed by atoms with van der Waals surface area (Å²) < 4.78 is 0. The van der Waals surface area contributed by atoms with Crippen molar-refractivity contribution in [1.82, 2.24) is 30.3 Å². The topological polar surface area (TPSA) is 103 Å². The number of anilines is 1. The van der Waals surface area contributed by atoms with Crippen molar-refractivity contribution >= 4 is 5.95 Å². The van der Waals surface area contributed by atoms with Crippen LogP contribution in [0.3, 0.4) is 0 Å². The third-order valence-corrected chi connectivity index (χ3v) is 6.34. The van der Waals surface area contributed by atoms with Crippen LogP contribution < -0.4 is 5.32 Å². The molecule has 2 atom stereocenters. The lowest BCUT2D eigenvalue weighted by Crippen LogP contribution is -2.52. The summed E-state index contributed by atoms with van der Waals surface area (Å²) in [5.41, 5.74) is 2.95. The summed E-state index contributed by atoms with van der Waals surface area (Å²) in [5, 5.41) is 29.2. The number of hydrogen-bond donors (Lipinski definition) is 3. The lowest BCUT2D eigenvalue weighted by Gasteiger charge is -2.47. The molecule has 2 bridgehead atoms. The minimum atomic E-state index is 0.142. The number of fused-ring (bicyclic) bond motifs is 2. The summed E-state index contributed by atoms with van der Waals surface area (Å²) in [5.74, 6) is 0.694. The zero-order valence-electron chi connectivity index (χ0n) is 16.4. The average Bonchev–Trinajstić information content (AvgIpc) is 3.24. The number of hydrogen-bond acceptors (Lipinski definition) is 7. The Balaban J connectivity index is 1.29. The van der Waals surface area contributed by atoms with Crippen LogP contribution in [0.15, 0.2) is 36.8 Å². The number of phenols is 1. The van der Waals surface area contributed by atoms with E-state index in [1.54, 1.807) is 24.7 Å². The van der Waals surface area contributed by atoms with Gasteiger partial charge in [0.2, 0.25) is 5.95 Å². The van der Waals surface area contributed by atoms with Crippen LogP contribution in [0, 0.1) is 0 Å². The van der Waals surface area contributed by atoms with Gasteiger partial charge in [-0.25, -0.2) is 4.98 Å². The standard InChI is InChI=1S/C21H25N7O/c1-28-16-3-2-4-17(28)9-15(8-16)25-21-22-12-19(26-27-21)18-6-5-13(7-20(18)29)14-10-23-24-11-14/h5-7,10-12,15-17,29H,2-4,8-9H2,1H3,(H,23,24)(H,22,25,27). The minimum Gasteiger partial charge on any atom is -0.507 e. The molecule has 0 aliphatic carbocycles. The third kappa shape index (κ3) is 3.55. The quantitative estimate of drug-likeness (QED) is 0.628. The second kappa shape index (κ2) is 7.44. The molecular weight excluding hydrogens is 366 g/mol. The Morgan fingerprint density at radius 3 is 2.59 bits per heavy atom. The van der Waals surface area contributed by atoms with Crippen LogP contribution in [0.2, 0.25) is 0 Å². The van der Waals surface area contributed by atoms with Gasteiger partial charge < -0.3 is 15.3 Å². The number of aromatic amines is 1. The molecular formula is C21H25N7O. The van der Waals surface area contributed by atoms with E-state index in [1.807, 2.05) is 12.1 Å². The molecule has 2 unspecified atom stereocenters. The minimum absolute atomic E-state index is 0.142. The Bertz CT molecular complexity index is 959. The molecule has 8 heteroatoms. The van der Waals surface area contributed by atoms with Crippen LogP contribution in [0.25, 0.3) is 22.4 Å². The highest BCUT2D eigenvalue weighted by Crippen LogP contribution is 2.34. The maximum atomic E-state index is 10.4. The van der Waals surface area contributed by atoms with E-state index in [-0.39, 0.29) is 5.75 Å². The highest BCUT2D eigenvalue weighted by Gasteiger charge is 2.36. The molecule has 2 fully saturated rings. The average molecular weight is 391 g/mol. The molecule has 4 heterocycles. The lowest BCUT2D eigenvalue weighted by atomic mass is 9.82. The highest BCUT2D eigenvalue weighted by atomic mass is 16.3. The molecule has 29 heavy (non-hydrogen) atoms. The third-order valence-electron chi connectivity index (χ3n) is 6.34. The van der Waals surface area contributed by atoms with Crippen molar-refractivity contribution in [3.63, 3.8) is 0 Å². The fraction of sp³-hybridized carbons (Fsp3) is 0.429. The molecule has 3 N–H and O–H groups in total. The number of aromatic hydroxyl groups is 1. The van der Waals surface area contributed by atoms with Gasteiger partial charge in [-0.05, 0) is 50.4 Å². The van der Waals surface area contributed by atoms with Crippen LogP contribution >= 0.6 is 0 Å². The monoisotopic (exact) mass is 391 g/mol. The van der Waals surface area contributed by atoms with Crippen LogP contribution in [-0.4, -0.2) is 60.6 Å². The van der Waals surface area contributed by atoms with E-state index in [2.05, 4.69) is 42.6 Å². The largest absolute Gasteiger partial charge is 0.507 e. The molecule has 8 nitrogen and oxygen atoms in total. The fourth-order valence-electron chi connectivity index (χ4n) is 4.72. The van der Waals surface area contributed by atoms with Gasteiger partial charge in [0, 0.05) is 35.4 Å². The second-order valence-corrected chi connectivity index (χ2v) is 8.10. The van der Waals surface area contributed by atoms with E-state index >= 15 is 0 Å². The Morgan fingerprint density at radius 1 is 1.10 bits per heavy atom. The first-order valence-electron chi connectivity index (χ1n) is 10.2. The van der Waals surface area contributed by atoms with E-state index in [4.69, 9.17) is 0 Å². The van der Waals surface area contributed by atoms with E-state index in [1.165, 1.54) is 19.3 Å². The smallest absolute Gasteiger partial charge is 0.242 e. The zero-order valence-corrected chi connectivity index (χ0v) is 16.4. The Hall–Kier alpha value is -3.00. The van der Waals surface area contributed by atoms with Crippen molar-refractivity contribution < 1.29 is 5.11 Å². The molecule has 0 saturated carbocycles. The molecule has 0 radical (unpaired) electrons. The van der Waals surface area contributed by atoms with Gasteiger partial charge >= 0.3 is 0 Å². The maximum absolute atomic E-state index is 10.4. The van der Waals surface area contributed by atoms with Gasteiger partial charge in [-0.15, -0.1) is 10.2 Å². The number of aromatic nitrogens is 5.